The molecule has 3 rings (SSSR count). The van der Waals surface area contributed by atoms with Crippen LogP contribution < -0.4 is 15.1 Å². The fourth-order valence-corrected chi connectivity index (χ4v) is 2.93. The van der Waals surface area contributed by atoms with E-state index in [2.05, 4.69) is 5.32 Å². The number of nitrogens with one attached hydrogen (secondary N) is 1. The maximum absolute atomic E-state index is 14.0. The number of benzene rings is 2. The molecule has 27 heavy (non-hydrogen) atoms. The van der Waals surface area contributed by atoms with Crippen molar-refractivity contribution in [2.24, 2.45) is 5.92 Å². The van der Waals surface area contributed by atoms with Crippen molar-refractivity contribution >= 4 is 28.9 Å². The van der Waals surface area contributed by atoms with Crippen molar-refractivity contribution in [3.8, 4) is 0 Å². The van der Waals surface area contributed by atoms with Gasteiger partial charge in [0.25, 0.3) is 0 Å². The number of carbonyl (C=O) groups excluding carboxylic acids is 2. The molecular formula is C19H18F3N3O2. The molecule has 8 heteroatoms. The summed E-state index contributed by atoms with van der Waals surface area (Å²) in [4.78, 5) is 27.5. The number of nitrogens with zero attached hydrogens (tertiary/aromatic N) is 2. The van der Waals surface area contributed by atoms with E-state index in [1.807, 2.05) is 31.1 Å². The van der Waals surface area contributed by atoms with Gasteiger partial charge in [-0.1, -0.05) is 0 Å². The van der Waals surface area contributed by atoms with Gasteiger partial charge >= 0.3 is 0 Å². The van der Waals surface area contributed by atoms with E-state index < -0.39 is 35.2 Å². The van der Waals surface area contributed by atoms with Crippen LogP contribution >= 0.6 is 0 Å². The maximum Gasteiger partial charge on any atom is 0.229 e. The minimum atomic E-state index is -1.64. The second-order valence-corrected chi connectivity index (χ2v) is 6.53. The highest BCUT2D eigenvalue weighted by Crippen LogP contribution is 2.30. The van der Waals surface area contributed by atoms with E-state index in [1.165, 1.54) is 0 Å². The Bertz CT molecular complexity index is 885. The van der Waals surface area contributed by atoms with E-state index in [4.69, 9.17) is 0 Å². The second-order valence-electron chi connectivity index (χ2n) is 6.53. The van der Waals surface area contributed by atoms with Gasteiger partial charge < -0.3 is 15.1 Å². The van der Waals surface area contributed by atoms with Crippen LogP contribution in [0.25, 0.3) is 0 Å². The molecule has 142 valence electrons. The summed E-state index contributed by atoms with van der Waals surface area (Å²) in [7, 11) is 3.79. The molecule has 0 radical (unpaired) electrons. The second kappa shape index (κ2) is 7.30. The van der Waals surface area contributed by atoms with Crippen LogP contribution in [0.4, 0.5) is 30.2 Å². The van der Waals surface area contributed by atoms with Gasteiger partial charge in [-0.3, -0.25) is 9.59 Å². The molecule has 1 aliphatic heterocycles. The molecule has 2 aromatic carbocycles. The van der Waals surface area contributed by atoms with Crippen LogP contribution in [0, 0.1) is 23.4 Å². The Morgan fingerprint density at radius 2 is 1.74 bits per heavy atom. The lowest BCUT2D eigenvalue weighted by molar-refractivity contribution is -0.122. The van der Waals surface area contributed by atoms with E-state index in [-0.39, 0.29) is 18.7 Å². The number of anilines is 3. The number of carbonyl (C=O) groups is 2. The minimum absolute atomic E-state index is 0.109. The third-order valence-electron chi connectivity index (χ3n) is 4.45. The van der Waals surface area contributed by atoms with E-state index in [0.717, 1.165) is 22.7 Å². The van der Waals surface area contributed by atoms with E-state index >= 15 is 0 Å². The summed E-state index contributed by atoms with van der Waals surface area (Å²) in [6.07, 6.45) is -0.139. The molecule has 1 saturated heterocycles. The predicted molar refractivity (Wildman–Crippen MR) is 96.2 cm³/mol. The smallest absolute Gasteiger partial charge is 0.229 e. The van der Waals surface area contributed by atoms with Gasteiger partial charge in [0.15, 0.2) is 17.5 Å². The van der Waals surface area contributed by atoms with Gasteiger partial charge in [-0.15, -0.1) is 0 Å². The molecule has 1 N–H and O–H groups in total. The third-order valence-corrected chi connectivity index (χ3v) is 4.45. The quantitative estimate of drug-likeness (QED) is 0.833. The summed E-state index contributed by atoms with van der Waals surface area (Å²) in [6, 6.07) is 8.87. The highest BCUT2D eigenvalue weighted by atomic mass is 19.2. The Labute approximate surface area is 154 Å². The highest BCUT2D eigenvalue weighted by Gasteiger charge is 2.37. The number of hydrogen-bond acceptors (Lipinski definition) is 3. The SMILES string of the molecule is CN(C)c1ccc(NC(=O)C2CC(=O)N(c3ccc(F)c(F)c3F)C2)cc1. The number of halogens is 3. The molecule has 0 bridgehead atoms. The van der Waals surface area contributed by atoms with Crippen LogP contribution in [0.15, 0.2) is 36.4 Å². The molecule has 5 nitrogen and oxygen atoms in total. The van der Waals surface area contributed by atoms with E-state index in [0.29, 0.717) is 5.69 Å². The monoisotopic (exact) mass is 377 g/mol. The summed E-state index contributed by atoms with van der Waals surface area (Å²) < 4.78 is 40.5. The number of amides is 2. The van der Waals surface area contributed by atoms with Crippen LogP contribution in [-0.2, 0) is 9.59 Å². The Kier molecular flexibility index (Phi) is 5.07. The van der Waals surface area contributed by atoms with Crippen LogP contribution in [0.5, 0.6) is 0 Å². The summed E-state index contributed by atoms with van der Waals surface area (Å²) in [5.74, 6) is -6.07. The van der Waals surface area contributed by atoms with Crippen molar-refractivity contribution in [3.63, 3.8) is 0 Å². The molecule has 2 amide bonds. The third kappa shape index (κ3) is 3.74. The minimum Gasteiger partial charge on any atom is -0.378 e. The highest BCUT2D eigenvalue weighted by molar-refractivity contribution is 6.03. The fraction of sp³-hybridized carbons (Fsp3) is 0.263. The van der Waals surface area contributed by atoms with Crippen molar-refractivity contribution < 1.29 is 22.8 Å². The van der Waals surface area contributed by atoms with Gasteiger partial charge in [-0.2, -0.15) is 0 Å². The Morgan fingerprint density at radius 1 is 1.07 bits per heavy atom. The summed E-state index contributed by atoms with van der Waals surface area (Å²) in [6.45, 7) is -0.109. The molecule has 2 aromatic rings. The predicted octanol–water partition coefficient (Wildman–Crippen LogP) is 3.16. The first-order chi connectivity index (χ1) is 12.8. The largest absolute Gasteiger partial charge is 0.378 e. The molecule has 1 fully saturated rings. The maximum atomic E-state index is 14.0. The van der Waals surface area contributed by atoms with E-state index in [9.17, 15) is 22.8 Å². The van der Waals surface area contributed by atoms with Crippen LogP contribution in [0.2, 0.25) is 0 Å². The first-order valence-electron chi connectivity index (χ1n) is 8.30. The van der Waals surface area contributed by atoms with Crippen molar-refractivity contribution in [2.75, 3.05) is 35.8 Å². The number of rotatable bonds is 4. The summed E-state index contributed by atoms with van der Waals surface area (Å²) in [5.41, 5.74) is 1.16. The lowest BCUT2D eigenvalue weighted by Crippen LogP contribution is -2.29. The van der Waals surface area contributed by atoms with Crippen LogP contribution in [0.1, 0.15) is 6.42 Å². The molecule has 1 unspecified atom stereocenters. The van der Waals surface area contributed by atoms with Gasteiger partial charge in [0, 0.05) is 38.4 Å². The van der Waals surface area contributed by atoms with E-state index in [1.54, 1.807) is 12.1 Å². The standard InChI is InChI=1S/C19H18F3N3O2/c1-24(2)13-5-3-12(4-6-13)23-19(27)11-9-16(26)25(10-11)15-8-7-14(20)17(21)18(15)22/h3-8,11H,9-10H2,1-2H3,(H,23,27). The fourth-order valence-electron chi connectivity index (χ4n) is 2.93. The van der Waals surface area contributed by atoms with Crippen molar-refractivity contribution in [1.82, 2.24) is 0 Å². The topological polar surface area (TPSA) is 52.7 Å². The average Bonchev–Trinajstić information content (AvgIpc) is 3.02. The zero-order chi connectivity index (χ0) is 19.7. The molecule has 0 saturated carbocycles. The zero-order valence-electron chi connectivity index (χ0n) is 14.8. The van der Waals surface area contributed by atoms with Crippen LogP contribution in [-0.4, -0.2) is 32.5 Å². The lowest BCUT2D eigenvalue weighted by atomic mass is 10.1. The molecular weight excluding hydrogens is 359 g/mol. The molecule has 1 aliphatic rings. The first kappa shape index (κ1) is 18.8. The molecule has 0 spiro atoms. The van der Waals surface area contributed by atoms with Gasteiger partial charge in [0.2, 0.25) is 11.8 Å². The molecule has 0 aromatic heterocycles. The Balaban J connectivity index is 1.71. The summed E-state index contributed by atoms with van der Waals surface area (Å²) in [5, 5.41) is 2.71. The Hall–Kier alpha value is -3.03. The first-order valence-corrected chi connectivity index (χ1v) is 8.30. The Morgan fingerprint density at radius 3 is 2.37 bits per heavy atom. The van der Waals surface area contributed by atoms with Gasteiger partial charge in [-0.05, 0) is 36.4 Å². The normalized spacial score (nSPS) is 16.6. The lowest BCUT2D eigenvalue weighted by Gasteiger charge is -2.18. The molecule has 1 atom stereocenters. The zero-order valence-corrected chi connectivity index (χ0v) is 14.8. The summed E-state index contributed by atoms with van der Waals surface area (Å²) >= 11 is 0. The average molecular weight is 377 g/mol. The van der Waals surface area contributed by atoms with Crippen molar-refractivity contribution in [2.45, 2.75) is 6.42 Å². The van der Waals surface area contributed by atoms with Gasteiger partial charge in [-0.25, -0.2) is 13.2 Å². The number of hydrogen-bond donors (Lipinski definition) is 1. The van der Waals surface area contributed by atoms with Crippen LogP contribution in [0.3, 0.4) is 0 Å². The van der Waals surface area contributed by atoms with Gasteiger partial charge in [0.05, 0.1) is 11.6 Å². The molecule has 0 aliphatic carbocycles. The molecule has 1 heterocycles. The van der Waals surface area contributed by atoms with Crippen molar-refractivity contribution in [1.29, 1.82) is 0 Å². The van der Waals surface area contributed by atoms with Crippen molar-refractivity contribution in [3.05, 3.63) is 53.8 Å². The van der Waals surface area contributed by atoms with Gasteiger partial charge in [0.1, 0.15) is 0 Å².